The van der Waals surface area contributed by atoms with Crippen LogP contribution < -0.4 is 5.32 Å². The van der Waals surface area contributed by atoms with Crippen molar-refractivity contribution >= 4 is 17.7 Å². The third-order valence-electron chi connectivity index (χ3n) is 2.43. The lowest BCUT2D eigenvalue weighted by molar-refractivity contribution is -0.143. The Morgan fingerprint density at radius 2 is 2.06 bits per heavy atom. The molecule has 0 amide bonds. The molecule has 0 fully saturated rings. The number of rotatable bonds is 6. The summed E-state index contributed by atoms with van der Waals surface area (Å²) < 4.78 is 4.70. The van der Waals surface area contributed by atoms with Gasteiger partial charge in [0, 0.05) is 17.1 Å². The molecular formula is C12H19N3O2S. The van der Waals surface area contributed by atoms with Crippen molar-refractivity contribution < 1.29 is 9.53 Å². The Labute approximate surface area is 112 Å². The maximum atomic E-state index is 11.4. The zero-order valence-electron chi connectivity index (χ0n) is 11.2. The van der Waals surface area contributed by atoms with E-state index in [1.165, 1.54) is 7.11 Å². The van der Waals surface area contributed by atoms with Crippen molar-refractivity contribution in [3.63, 3.8) is 0 Å². The molecule has 0 radical (unpaired) electrons. The predicted octanol–water partition coefficient (Wildman–Crippen LogP) is 1.34. The molecule has 1 atom stereocenters. The van der Waals surface area contributed by atoms with Gasteiger partial charge in [0.05, 0.1) is 7.11 Å². The minimum Gasteiger partial charge on any atom is -0.468 e. The normalized spacial score (nSPS) is 12.2. The second-order valence-corrected chi connectivity index (χ2v) is 5.00. The number of carbonyl (C=O) groups is 1. The maximum Gasteiger partial charge on any atom is 0.322 e. The second kappa shape index (κ2) is 7.33. The highest BCUT2D eigenvalue weighted by Crippen LogP contribution is 2.16. The van der Waals surface area contributed by atoms with E-state index in [9.17, 15) is 4.79 Å². The summed E-state index contributed by atoms with van der Waals surface area (Å²) in [5.41, 5.74) is 1.92. The topological polar surface area (TPSA) is 64.1 Å². The first kappa shape index (κ1) is 14.9. The van der Waals surface area contributed by atoms with Gasteiger partial charge in [-0.25, -0.2) is 9.97 Å². The first-order valence-corrected chi connectivity index (χ1v) is 6.75. The van der Waals surface area contributed by atoms with Crippen molar-refractivity contribution in [3.8, 4) is 0 Å². The van der Waals surface area contributed by atoms with Crippen LogP contribution in [0.4, 0.5) is 0 Å². The zero-order chi connectivity index (χ0) is 13.5. The summed E-state index contributed by atoms with van der Waals surface area (Å²) >= 11 is 1.55. The molecule has 0 aliphatic heterocycles. The molecule has 0 saturated carbocycles. The van der Waals surface area contributed by atoms with E-state index < -0.39 is 0 Å². The Bertz CT molecular complexity index is 392. The minimum atomic E-state index is -0.270. The zero-order valence-corrected chi connectivity index (χ0v) is 12.0. The van der Waals surface area contributed by atoms with Crippen LogP contribution in [0.25, 0.3) is 0 Å². The summed E-state index contributed by atoms with van der Waals surface area (Å²) in [6.45, 7) is 3.90. The molecule has 5 nitrogen and oxygen atoms in total. The van der Waals surface area contributed by atoms with Crippen LogP contribution in [0.2, 0.25) is 0 Å². The fourth-order valence-corrected chi connectivity index (χ4v) is 2.50. The third-order valence-corrected chi connectivity index (χ3v) is 3.31. The van der Waals surface area contributed by atoms with Crippen LogP contribution in [0.3, 0.4) is 0 Å². The van der Waals surface area contributed by atoms with E-state index in [2.05, 4.69) is 15.3 Å². The highest BCUT2D eigenvalue weighted by molar-refractivity contribution is 7.99. The molecule has 0 aliphatic rings. The van der Waals surface area contributed by atoms with Gasteiger partial charge < -0.3 is 10.1 Å². The monoisotopic (exact) mass is 269 g/mol. The number of aryl methyl sites for hydroxylation is 2. The van der Waals surface area contributed by atoms with Crippen molar-refractivity contribution in [3.05, 3.63) is 17.5 Å². The summed E-state index contributed by atoms with van der Waals surface area (Å²) in [6, 6.07) is 1.67. The highest BCUT2D eigenvalue weighted by atomic mass is 32.2. The first-order valence-electron chi connectivity index (χ1n) is 5.77. The number of nitrogens with zero attached hydrogens (tertiary/aromatic N) is 2. The molecule has 0 bridgehead atoms. The van der Waals surface area contributed by atoms with Gasteiger partial charge in [-0.05, 0) is 33.4 Å². The van der Waals surface area contributed by atoms with Crippen molar-refractivity contribution in [2.75, 3.05) is 19.9 Å². The van der Waals surface area contributed by atoms with E-state index in [-0.39, 0.29) is 12.0 Å². The second-order valence-electron chi connectivity index (χ2n) is 3.93. The molecule has 6 heteroatoms. The standard InChI is InChI=1S/C12H19N3O2S/c1-8-7-9(2)15-12(14-8)18-6-5-10(13-3)11(16)17-4/h7,10,13H,5-6H2,1-4H3. The molecule has 0 saturated heterocycles. The fourth-order valence-electron chi connectivity index (χ4n) is 1.55. The Kier molecular flexibility index (Phi) is 6.07. The van der Waals surface area contributed by atoms with Crippen molar-refractivity contribution in [1.82, 2.24) is 15.3 Å². The molecule has 18 heavy (non-hydrogen) atoms. The van der Waals surface area contributed by atoms with Crippen LogP contribution >= 0.6 is 11.8 Å². The maximum absolute atomic E-state index is 11.4. The number of methoxy groups -OCH3 is 1. The van der Waals surface area contributed by atoms with Gasteiger partial charge >= 0.3 is 5.97 Å². The van der Waals surface area contributed by atoms with Crippen LogP contribution in [0.15, 0.2) is 11.2 Å². The van der Waals surface area contributed by atoms with Crippen molar-refractivity contribution in [2.45, 2.75) is 31.5 Å². The minimum absolute atomic E-state index is 0.237. The summed E-state index contributed by atoms with van der Waals surface area (Å²) in [7, 11) is 3.15. The van der Waals surface area contributed by atoms with E-state index in [1.807, 2.05) is 19.9 Å². The molecule has 0 spiro atoms. The quantitative estimate of drug-likeness (QED) is 0.477. The summed E-state index contributed by atoms with van der Waals surface area (Å²) in [5, 5.41) is 3.69. The lowest BCUT2D eigenvalue weighted by Gasteiger charge is -2.12. The molecule has 1 heterocycles. The van der Waals surface area contributed by atoms with Crippen LogP contribution in [0, 0.1) is 13.8 Å². The van der Waals surface area contributed by atoms with Crippen molar-refractivity contribution in [2.24, 2.45) is 0 Å². The molecule has 100 valence electrons. The Balaban J connectivity index is 2.47. The molecular weight excluding hydrogens is 250 g/mol. The van der Waals surface area contributed by atoms with Gasteiger partial charge in [-0.15, -0.1) is 0 Å². The number of esters is 1. The van der Waals surface area contributed by atoms with Crippen LogP contribution in [-0.2, 0) is 9.53 Å². The number of carbonyl (C=O) groups excluding carboxylic acids is 1. The molecule has 1 unspecified atom stereocenters. The molecule has 1 aromatic rings. The van der Waals surface area contributed by atoms with Gasteiger partial charge in [-0.2, -0.15) is 0 Å². The van der Waals surface area contributed by atoms with E-state index in [0.717, 1.165) is 22.3 Å². The Morgan fingerprint density at radius 3 is 2.56 bits per heavy atom. The average molecular weight is 269 g/mol. The van der Waals surface area contributed by atoms with Crippen LogP contribution in [0.5, 0.6) is 0 Å². The van der Waals surface area contributed by atoms with Gasteiger partial charge in [-0.3, -0.25) is 4.79 Å². The van der Waals surface area contributed by atoms with Gasteiger partial charge in [0.2, 0.25) is 0 Å². The number of hydrogen-bond acceptors (Lipinski definition) is 6. The number of aromatic nitrogens is 2. The number of nitrogens with one attached hydrogen (secondary N) is 1. The number of thioether (sulfide) groups is 1. The smallest absolute Gasteiger partial charge is 0.322 e. The van der Waals surface area contributed by atoms with Crippen LogP contribution in [0.1, 0.15) is 17.8 Å². The van der Waals surface area contributed by atoms with Gasteiger partial charge in [0.25, 0.3) is 0 Å². The summed E-state index contributed by atoms with van der Waals surface area (Å²) in [4.78, 5) is 20.0. The number of hydrogen-bond donors (Lipinski definition) is 1. The largest absolute Gasteiger partial charge is 0.468 e. The predicted molar refractivity (Wildman–Crippen MR) is 71.7 cm³/mol. The van der Waals surface area contributed by atoms with Gasteiger partial charge in [0.15, 0.2) is 5.16 Å². The fraction of sp³-hybridized carbons (Fsp3) is 0.583. The number of ether oxygens (including phenoxy) is 1. The van der Waals surface area contributed by atoms with E-state index in [4.69, 9.17) is 4.74 Å². The average Bonchev–Trinajstić information content (AvgIpc) is 2.32. The van der Waals surface area contributed by atoms with Crippen LogP contribution in [-0.4, -0.2) is 41.9 Å². The van der Waals surface area contributed by atoms with Gasteiger partial charge in [0.1, 0.15) is 6.04 Å². The van der Waals surface area contributed by atoms with E-state index in [1.54, 1.807) is 18.8 Å². The molecule has 0 aliphatic carbocycles. The molecule has 1 rings (SSSR count). The number of likely N-dealkylation sites (N-methyl/N-ethyl adjacent to an activating group) is 1. The first-order chi connectivity index (χ1) is 8.56. The molecule has 1 aromatic heterocycles. The van der Waals surface area contributed by atoms with E-state index in [0.29, 0.717) is 6.42 Å². The summed E-state index contributed by atoms with van der Waals surface area (Å²) in [5.74, 6) is 0.531. The summed E-state index contributed by atoms with van der Waals surface area (Å²) in [6.07, 6.45) is 0.685. The molecule has 0 aromatic carbocycles. The Hall–Kier alpha value is -1.14. The third kappa shape index (κ3) is 4.62. The lowest BCUT2D eigenvalue weighted by atomic mass is 10.2. The highest BCUT2D eigenvalue weighted by Gasteiger charge is 2.16. The molecule has 1 N–H and O–H groups in total. The lowest BCUT2D eigenvalue weighted by Crippen LogP contribution is -2.35. The van der Waals surface area contributed by atoms with E-state index >= 15 is 0 Å². The Morgan fingerprint density at radius 1 is 1.44 bits per heavy atom. The van der Waals surface area contributed by atoms with Gasteiger partial charge in [-0.1, -0.05) is 11.8 Å². The van der Waals surface area contributed by atoms with Crippen molar-refractivity contribution in [1.29, 1.82) is 0 Å². The SMILES string of the molecule is CNC(CCSc1nc(C)cc(C)n1)C(=O)OC.